The van der Waals surface area contributed by atoms with Crippen molar-refractivity contribution in [3.8, 4) is 5.69 Å². The summed E-state index contributed by atoms with van der Waals surface area (Å²) in [5, 5.41) is 19.4. The molecule has 2 heterocycles. The van der Waals surface area contributed by atoms with Gasteiger partial charge in [0.1, 0.15) is 5.82 Å². The molecule has 2 N–H and O–H groups in total. The smallest absolute Gasteiger partial charge is 0.191 e. The van der Waals surface area contributed by atoms with Crippen LogP contribution in [0.15, 0.2) is 41.5 Å². The minimum absolute atomic E-state index is 0. The Hall–Kier alpha value is -2.43. The molecule has 9 heteroatoms. The third-order valence-corrected chi connectivity index (χ3v) is 4.31. The molecule has 0 atom stereocenters. The summed E-state index contributed by atoms with van der Waals surface area (Å²) in [5.74, 6) is 2.49. The lowest BCUT2D eigenvalue weighted by Crippen LogP contribution is -2.37. The minimum atomic E-state index is 0. The number of nitrogens with zero attached hydrogens (tertiary/aromatic N) is 6. The van der Waals surface area contributed by atoms with Crippen molar-refractivity contribution in [3.05, 3.63) is 59.4 Å². The quantitative estimate of drug-likeness (QED) is 0.313. The summed E-state index contributed by atoms with van der Waals surface area (Å²) < 4.78 is 3.86. The zero-order chi connectivity index (χ0) is 19.2. The first-order valence-corrected chi connectivity index (χ1v) is 9.06. The summed E-state index contributed by atoms with van der Waals surface area (Å²) in [6.07, 6.45) is 1.97. The predicted molar refractivity (Wildman–Crippen MR) is 121 cm³/mol. The number of rotatable bonds is 6. The Morgan fingerprint density at radius 2 is 1.89 bits per heavy atom. The van der Waals surface area contributed by atoms with E-state index in [-0.39, 0.29) is 24.0 Å². The highest BCUT2D eigenvalue weighted by Crippen LogP contribution is 2.15. The average molecular weight is 494 g/mol. The molecule has 2 aromatic heterocycles. The molecule has 150 valence electrons. The van der Waals surface area contributed by atoms with Crippen molar-refractivity contribution in [1.82, 2.24) is 35.2 Å². The molecular formula is C19H27IN8. The molecule has 3 aromatic rings. The van der Waals surface area contributed by atoms with Gasteiger partial charge in [-0.15, -0.1) is 34.2 Å². The van der Waals surface area contributed by atoms with Gasteiger partial charge in [0.2, 0.25) is 0 Å². The fourth-order valence-electron chi connectivity index (χ4n) is 2.69. The van der Waals surface area contributed by atoms with E-state index in [0.717, 1.165) is 41.1 Å². The Labute approximate surface area is 182 Å². The SMILES string of the molecule is CCNC(=NCc1ccccc1-n1ccc(C)n1)NCc1nnc(C)n1C.I. The van der Waals surface area contributed by atoms with Crippen LogP contribution in [0, 0.1) is 13.8 Å². The maximum absolute atomic E-state index is 4.72. The number of benzene rings is 1. The van der Waals surface area contributed by atoms with E-state index in [0.29, 0.717) is 13.1 Å². The second kappa shape index (κ2) is 10.2. The van der Waals surface area contributed by atoms with E-state index in [2.05, 4.69) is 38.1 Å². The van der Waals surface area contributed by atoms with E-state index >= 15 is 0 Å². The summed E-state index contributed by atoms with van der Waals surface area (Å²) in [6, 6.07) is 10.2. The van der Waals surface area contributed by atoms with Crippen LogP contribution >= 0.6 is 24.0 Å². The Morgan fingerprint density at radius 3 is 2.54 bits per heavy atom. The third kappa shape index (κ3) is 5.31. The van der Waals surface area contributed by atoms with Gasteiger partial charge >= 0.3 is 0 Å². The van der Waals surface area contributed by atoms with Gasteiger partial charge in [-0.1, -0.05) is 18.2 Å². The highest BCUT2D eigenvalue weighted by molar-refractivity contribution is 14.0. The number of guanidine groups is 1. The van der Waals surface area contributed by atoms with Crippen molar-refractivity contribution < 1.29 is 0 Å². The minimum Gasteiger partial charge on any atom is -0.357 e. The van der Waals surface area contributed by atoms with Gasteiger partial charge in [0.05, 0.1) is 24.5 Å². The van der Waals surface area contributed by atoms with Crippen LogP contribution in [0.2, 0.25) is 0 Å². The zero-order valence-corrected chi connectivity index (χ0v) is 19.0. The highest BCUT2D eigenvalue weighted by Gasteiger charge is 2.08. The summed E-state index contributed by atoms with van der Waals surface area (Å²) in [5.41, 5.74) is 3.13. The number of para-hydroxylation sites is 1. The molecule has 0 amide bonds. The van der Waals surface area contributed by atoms with E-state index in [9.17, 15) is 0 Å². The van der Waals surface area contributed by atoms with Gasteiger partial charge in [-0.05, 0) is 38.5 Å². The van der Waals surface area contributed by atoms with E-state index < -0.39 is 0 Å². The van der Waals surface area contributed by atoms with E-state index in [4.69, 9.17) is 4.99 Å². The van der Waals surface area contributed by atoms with Gasteiger partial charge in [0.25, 0.3) is 0 Å². The van der Waals surface area contributed by atoms with Crippen LogP contribution in [-0.4, -0.2) is 37.0 Å². The molecule has 0 aliphatic carbocycles. The summed E-state index contributed by atoms with van der Waals surface area (Å²) in [6.45, 7) is 7.85. The lowest BCUT2D eigenvalue weighted by atomic mass is 10.2. The second-order valence-electron chi connectivity index (χ2n) is 6.30. The van der Waals surface area contributed by atoms with E-state index in [1.165, 1.54) is 0 Å². The number of hydrogen-bond donors (Lipinski definition) is 2. The Morgan fingerprint density at radius 1 is 1.11 bits per heavy atom. The Bertz CT molecular complexity index is 928. The van der Waals surface area contributed by atoms with Crippen LogP contribution in [0.1, 0.15) is 29.8 Å². The molecule has 0 radical (unpaired) electrons. The van der Waals surface area contributed by atoms with Gasteiger partial charge in [-0.25, -0.2) is 9.67 Å². The second-order valence-corrected chi connectivity index (χ2v) is 6.30. The van der Waals surface area contributed by atoms with Crippen LogP contribution in [0.25, 0.3) is 5.69 Å². The Kier molecular flexibility index (Phi) is 7.97. The molecular weight excluding hydrogens is 467 g/mol. The fourth-order valence-corrected chi connectivity index (χ4v) is 2.69. The summed E-state index contributed by atoms with van der Waals surface area (Å²) in [4.78, 5) is 4.72. The fraction of sp³-hybridized carbons (Fsp3) is 0.368. The molecule has 3 rings (SSSR count). The van der Waals surface area contributed by atoms with Crippen molar-refractivity contribution in [2.75, 3.05) is 6.54 Å². The van der Waals surface area contributed by atoms with Crippen LogP contribution in [-0.2, 0) is 20.1 Å². The van der Waals surface area contributed by atoms with E-state index in [1.807, 2.05) is 61.5 Å². The molecule has 0 saturated heterocycles. The zero-order valence-electron chi connectivity index (χ0n) is 16.7. The van der Waals surface area contributed by atoms with Crippen molar-refractivity contribution in [1.29, 1.82) is 0 Å². The van der Waals surface area contributed by atoms with Crippen LogP contribution in [0.3, 0.4) is 0 Å². The first kappa shape index (κ1) is 21.9. The molecule has 0 bridgehead atoms. The molecule has 1 aromatic carbocycles. The normalized spacial score (nSPS) is 11.2. The van der Waals surface area contributed by atoms with Gasteiger partial charge in [-0.3, -0.25) is 0 Å². The molecule has 0 spiro atoms. The standard InChI is InChI=1S/C19H26N8.HI/c1-5-20-19(22-13-18-24-23-15(3)26(18)4)21-12-16-8-6-7-9-17(16)27-11-10-14(2)25-27;/h6-11H,5,12-13H2,1-4H3,(H2,20,21,22);1H. The van der Waals surface area contributed by atoms with Gasteiger partial charge in [0.15, 0.2) is 11.8 Å². The predicted octanol–water partition coefficient (Wildman–Crippen LogP) is 2.49. The highest BCUT2D eigenvalue weighted by atomic mass is 127. The van der Waals surface area contributed by atoms with Crippen molar-refractivity contribution in [3.63, 3.8) is 0 Å². The maximum atomic E-state index is 4.72. The number of nitrogens with one attached hydrogen (secondary N) is 2. The van der Waals surface area contributed by atoms with Gasteiger partial charge in [0, 0.05) is 19.8 Å². The Balaban J connectivity index is 0.00000280. The molecule has 0 fully saturated rings. The van der Waals surface area contributed by atoms with Gasteiger partial charge in [-0.2, -0.15) is 5.10 Å². The lowest BCUT2D eigenvalue weighted by molar-refractivity contribution is 0.718. The number of hydrogen-bond acceptors (Lipinski definition) is 4. The maximum Gasteiger partial charge on any atom is 0.191 e. The summed E-state index contributed by atoms with van der Waals surface area (Å²) in [7, 11) is 1.96. The summed E-state index contributed by atoms with van der Waals surface area (Å²) >= 11 is 0. The number of aromatic nitrogens is 5. The molecule has 28 heavy (non-hydrogen) atoms. The van der Waals surface area contributed by atoms with Crippen LogP contribution in [0.4, 0.5) is 0 Å². The van der Waals surface area contributed by atoms with Crippen molar-refractivity contribution in [2.45, 2.75) is 33.9 Å². The van der Waals surface area contributed by atoms with Crippen LogP contribution < -0.4 is 10.6 Å². The first-order valence-electron chi connectivity index (χ1n) is 9.06. The molecule has 0 aliphatic rings. The molecule has 0 aliphatic heterocycles. The lowest BCUT2D eigenvalue weighted by Gasteiger charge is -2.12. The van der Waals surface area contributed by atoms with Gasteiger partial charge < -0.3 is 15.2 Å². The number of halogens is 1. The number of aliphatic imine (C=N–C) groups is 1. The van der Waals surface area contributed by atoms with Crippen LogP contribution in [0.5, 0.6) is 0 Å². The average Bonchev–Trinajstić information content (AvgIpc) is 3.24. The molecule has 8 nitrogen and oxygen atoms in total. The van der Waals surface area contributed by atoms with Crippen molar-refractivity contribution >= 4 is 29.9 Å². The van der Waals surface area contributed by atoms with E-state index in [1.54, 1.807) is 0 Å². The molecule has 0 unspecified atom stereocenters. The molecule has 0 saturated carbocycles. The van der Waals surface area contributed by atoms with Crippen molar-refractivity contribution in [2.24, 2.45) is 12.0 Å². The third-order valence-electron chi connectivity index (χ3n) is 4.31. The first-order chi connectivity index (χ1) is 13.1. The number of aryl methyl sites for hydroxylation is 2. The largest absolute Gasteiger partial charge is 0.357 e. The monoisotopic (exact) mass is 494 g/mol. The topological polar surface area (TPSA) is 84.9 Å².